The van der Waals surface area contributed by atoms with Crippen molar-refractivity contribution in [1.82, 2.24) is 4.98 Å². The van der Waals surface area contributed by atoms with Gasteiger partial charge in [0.05, 0.1) is 17.6 Å². The molecule has 18 heavy (non-hydrogen) atoms. The van der Waals surface area contributed by atoms with E-state index >= 15 is 0 Å². The average Bonchev–Trinajstić information content (AvgIpc) is 2.64. The number of rotatable bonds is 3. The Morgan fingerprint density at radius 3 is 2.83 bits per heavy atom. The van der Waals surface area contributed by atoms with Crippen LogP contribution in [0.4, 0.5) is 5.69 Å². The molecule has 0 aliphatic carbocycles. The molecule has 0 bridgehead atoms. The zero-order valence-corrected chi connectivity index (χ0v) is 11.6. The molecule has 0 radical (unpaired) electrons. The van der Waals surface area contributed by atoms with Crippen molar-refractivity contribution in [2.24, 2.45) is 11.7 Å². The van der Waals surface area contributed by atoms with Gasteiger partial charge in [-0.15, -0.1) is 0 Å². The van der Waals surface area contributed by atoms with Crippen molar-refractivity contribution in [3.63, 3.8) is 0 Å². The second-order valence-electron chi connectivity index (χ2n) is 5.42. The zero-order chi connectivity index (χ0) is 13.0. The lowest BCUT2D eigenvalue weighted by atomic mass is 9.98. The van der Waals surface area contributed by atoms with Gasteiger partial charge < -0.3 is 10.6 Å². The van der Waals surface area contributed by atoms with Crippen molar-refractivity contribution in [2.75, 3.05) is 18.0 Å². The summed E-state index contributed by atoms with van der Waals surface area (Å²) < 4.78 is 0. The first-order valence-electron chi connectivity index (χ1n) is 7.17. The van der Waals surface area contributed by atoms with E-state index in [1.54, 1.807) is 0 Å². The van der Waals surface area contributed by atoms with Gasteiger partial charge in [0.15, 0.2) is 0 Å². The molecule has 1 aliphatic heterocycles. The summed E-state index contributed by atoms with van der Waals surface area (Å²) in [4.78, 5) is 6.92. The molecule has 100 valence electrons. The van der Waals surface area contributed by atoms with Gasteiger partial charge in [-0.25, -0.2) is 0 Å². The Labute approximate surface area is 110 Å². The third-order valence-corrected chi connectivity index (χ3v) is 4.03. The van der Waals surface area contributed by atoms with Gasteiger partial charge in [-0.1, -0.05) is 13.3 Å². The number of anilines is 1. The van der Waals surface area contributed by atoms with Crippen LogP contribution in [0.3, 0.4) is 0 Å². The van der Waals surface area contributed by atoms with Crippen molar-refractivity contribution in [2.45, 2.75) is 45.6 Å². The maximum absolute atomic E-state index is 5.83. The summed E-state index contributed by atoms with van der Waals surface area (Å²) >= 11 is 0. The predicted octanol–water partition coefficient (Wildman–Crippen LogP) is 3.12. The Morgan fingerprint density at radius 2 is 2.22 bits per heavy atom. The van der Waals surface area contributed by atoms with Gasteiger partial charge >= 0.3 is 0 Å². The standard InChI is InChI=1S/C15H25N3/c1-3-13-5-4-9-18(10-8-13)14-6-7-15(12(2)16)17-11-14/h6-7,11-13H,3-5,8-10,16H2,1-2H3/t12-,13?/m1/s1. The Morgan fingerprint density at radius 1 is 1.39 bits per heavy atom. The summed E-state index contributed by atoms with van der Waals surface area (Å²) in [5, 5.41) is 0. The van der Waals surface area contributed by atoms with Crippen LogP contribution in [0.2, 0.25) is 0 Å². The maximum atomic E-state index is 5.83. The van der Waals surface area contributed by atoms with Crippen LogP contribution in [0, 0.1) is 5.92 Å². The Hall–Kier alpha value is -1.09. The van der Waals surface area contributed by atoms with E-state index in [-0.39, 0.29) is 6.04 Å². The molecule has 1 aromatic rings. The van der Waals surface area contributed by atoms with E-state index in [1.807, 2.05) is 13.1 Å². The quantitative estimate of drug-likeness (QED) is 0.892. The van der Waals surface area contributed by atoms with Crippen molar-refractivity contribution < 1.29 is 0 Å². The number of aromatic nitrogens is 1. The van der Waals surface area contributed by atoms with Crippen molar-refractivity contribution >= 4 is 5.69 Å². The van der Waals surface area contributed by atoms with Gasteiger partial charge in [-0.2, -0.15) is 0 Å². The molecule has 3 nitrogen and oxygen atoms in total. The van der Waals surface area contributed by atoms with Gasteiger partial charge in [0, 0.05) is 19.1 Å². The lowest BCUT2D eigenvalue weighted by molar-refractivity contribution is 0.459. The molecule has 0 amide bonds. The molecule has 2 rings (SSSR count). The highest BCUT2D eigenvalue weighted by Gasteiger charge is 2.16. The Kier molecular flexibility index (Phi) is 4.59. The van der Waals surface area contributed by atoms with Crippen molar-refractivity contribution in [3.8, 4) is 0 Å². The molecule has 2 heterocycles. The minimum absolute atomic E-state index is 0.0210. The van der Waals surface area contributed by atoms with Crippen LogP contribution in [0.15, 0.2) is 18.3 Å². The fourth-order valence-corrected chi connectivity index (χ4v) is 2.69. The summed E-state index contributed by atoms with van der Waals surface area (Å²) in [6.45, 7) is 6.60. The molecule has 1 aliphatic rings. The highest BCUT2D eigenvalue weighted by Crippen LogP contribution is 2.24. The van der Waals surface area contributed by atoms with Crippen LogP contribution in [0.25, 0.3) is 0 Å². The smallest absolute Gasteiger partial charge is 0.0569 e. The minimum Gasteiger partial charge on any atom is -0.370 e. The third-order valence-electron chi connectivity index (χ3n) is 4.03. The number of nitrogens with zero attached hydrogens (tertiary/aromatic N) is 2. The summed E-state index contributed by atoms with van der Waals surface area (Å²) in [6, 6.07) is 4.24. The lowest BCUT2D eigenvalue weighted by Gasteiger charge is -2.22. The van der Waals surface area contributed by atoms with Crippen LogP contribution in [-0.4, -0.2) is 18.1 Å². The SMILES string of the molecule is CCC1CCCN(c2ccc([C@@H](C)N)nc2)CC1. The third kappa shape index (κ3) is 3.22. The van der Waals surface area contributed by atoms with Gasteiger partial charge in [-0.3, -0.25) is 4.98 Å². The van der Waals surface area contributed by atoms with E-state index in [0.717, 1.165) is 24.7 Å². The summed E-state index contributed by atoms with van der Waals surface area (Å²) in [5.41, 5.74) is 8.05. The first kappa shape index (κ1) is 13.3. The Balaban J connectivity index is 2.02. The van der Waals surface area contributed by atoms with E-state index in [9.17, 15) is 0 Å². The molecule has 1 unspecified atom stereocenters. The van der Waals surface area contributed by atoms with E-state index in [0.29, 0.717) is 0 Å². The fourth-order valence-electron chi connectivity index (χ4n) is 2.69. The zero-order valence-electron chi connectivity index (χ0n) is 11.6. The lowest BCUT2D eigenvalue weighted by Crippen LogP contribution is -2.24. The largest absolute Gasteiger partial charge is 0.370 e. The molecular formula is C15H25N3. The van der Waals surface area contributed by atoms with Gasteiger partial charge in [-0.05, 0) is 44.2 Å². The van der Waals surface area contributed by atoms with Crippen LogP contribution in [-0.2, 0) is 0 Å². The second-order valence-corrected chi connectivity index (χ2v) is 5.42. The number of nitrogens with two attached hydrogens (primary N) is 1. The number of pyridine rings is 1. The molecule has 0 spiro atoms. The second kappa shape index (κ2) is 6.19. The van der Waals surface area contributed by atoms with Crippen LogP contribution >= 0.6 is 0 Å². The van der Waals surface area contributed by atoms with Gasteiger partial charge in [0.25, 0.3) is 0 Å². The normalized spacial score (nSPS) is 22.6. The summed E-state index contributed by atoms with van der Waals surface area (Å²) in [6.07, 6.45) is 7.28. The van der Waals surface area contributed by atoms with E-state index in [4.69, 9.17) is 5.73 Å². The van der Waals surface area contributed by atoms with Gasteiger partial charge in [0.2, 0.25) is 0 Å². The van der Waals surface area contributed by atoms with Crippen LogP contribution < -0.4 is 10.6 Å². The number of hydrogen-bond acceptors (Lipinski definition) is 3. The Bertz CT molecular complexity index is 359. The summed E-state index contributed by atoms with van der Waals surface area (Å²) in [7, 11) is 0. The maximum Gasteiger partial charge on any atom is 0.0569 e. The predicted molar refractivity (Wildman–Crippen MR) is 76.7 cm³/mol. The van der Waals surface area contributed by atoms with Crippen molar-refractivity contribution in [1.29, 1.82) is 0 Å². The van der Waals surface area contributed by atoms with Crippen molar-refractivity contribution in [3.05, 3.63) is 24.0 Å². The van der Waals surface area contributed by atoms with E-state index in [2.05, 4.69) is 28.9 Å². The topological polar surface area (TPSA) is 42.1 Å². The molecule has 2 N–H and O–H groups in total. The molecule has 1 aromatic heterocycles. The molecular weight excluding hydrogens is 222 g/mol. The first-order chi connectivity index (χ1) is 8.70. The molecule has 3 heteroatoms. The molecule has 0 aromatic carbocycles. The fraction of sp³-hybridized carbons (Fsp3) is 0.667. The van der Waals surface area contributed by atoms with Gasteiger partial charge in [0.1, 0.15) is 0 Å². The minimum atomic E-state index is 0.0210. The van der Waals surface area contributed by atoms with Crippen LogP contribution in [0.5, 0.6) is 0 Å². The highest BCUT2D eigenvalue weighted by molar-refractivity contribution is 5.44. The number of hydrogen-bond donors (Lipinski definition) is 1. The molecule has 0 saturated carbocycles. The van der Waals surface area contributed by atoms with E-state index < -0.39 is 0 Å². The van der Waals surface area contributed by atoms with Crippen LogP contribution in [0.1, 0.15) is 51.3 Å². The first-order valence-corrected chi connectivity index (χ1v) is 7.17. The molecule has 1 fully saturated rings. The summed E-state index contributed by atoms with van der Waals surface area (Å²) in [5.74, 6) is 0.909. The monoisotopic (exact) mass is 247 g/mol. The molecule has 2 atom stereocenters. The average molecular weight is 247 g/mol. The van der Waals surface area contributed by atoms with E-state index in [1.165, 1.54) is 31.4 Å². The molecule has 1 saturated heterocycles. The highest BCUT2D eigenvalue weighted by atomic mass is 15.1.